The molecule has 0 saturated carbocycles. The summed E-state index contributed by atoms with van der Waals surface area (Å²) < 4.78 is 14.7. The maximum Gasteiger partial charge on any atom is 0.127 e. The molecular weight excluding hydrogens is 288 g/mol. The largest absolute Gasteiger partial charge is 0.497 e. The zero-order valence-corrected chi connectivity index (χ0v) is 13.4. The van der Waals surface area contributed by atoms with Gasteiger partial charge in [-0.15, -0.1) is 5.10 Å². The lowest BCUT2D eigenvalue weighted by Gasteiger charge is -2.19. The number of rotatable bonds is 6. The molecule has 2 aromatic rings. The Morgan fingerprint density at radius 3 is 2.57 bits per heavy atom. The van der Waals surface area contributed by atoms with Crippen molar-refractivity contribution in [3.05, 3.63) is 34.3 Å². The number of nitrogens with zero attached hydrogens (tertiary/aromatic N) is 2. The second-order valence-electron chi connectivity index (χ2n) is 4.88. The minimum atomic E-state index is -0.219. The zero-order valence-electron chi connectivity index (χ0n) is 12.6. The molecule has 1 atom stereocenters. The number of nitrogens with one attached hydrogen (secondary N) is 1. The molecule has 0 aliphatic carbocycles. The Balaban J connectivity index is 2.48. The van der Waals surface area contributed by atoms with Crippen molar-refractivity contribution in [2.45, 2.75) is 25.8 Å². The summed E-state index contributed by atoms with van der Waals surface area (Å²) in [7, 11) is 3.25. The molecule has 7 heteroatoms. The average Bonchev–Trinajstić information content (AvgIpc) is 2.98. The van der Waals surface area contributed by atoms with E-state index in [1.54, 1.807) is 14.2 Å². The van der Waals surface area contributed by atoms with Crippen LogP contribution < -0.4 is 20.7 Å². The van der Waals surface area contributed by atoms with Crippen molar-refractivity contribution in [3.8, 4) is 11.5 Å². The molecular formula is C14H20N4O2S. The molecule has 3 N–H and O–H groups in total. The molecule has 1 aromatic heterocycles. The first-order valence-electron chi connectivity index (χ1n) is 6.62. The molecule has 0 spiro atoms. The van der Waals surface area contributed by atoms with E-state index in [9.17, 15) is 0 Å². The van der Waals surface area contributed by atoms with Crippen LogP contribution in [0, 0.1) is 0 Å². The molecule has 0 aliphatic rings. The van der Waals surface area contributed by atoms with Crippen LogP contribution >= 0.6 is 11.5 Å². The highest BCUT2D eigenvalue weighted by Crippen LogP contribution is 2.36. The lowest BCUT2D eigenvalue weighted by Crippen LogP contribution is -2.29. The van der Waals surface area contributed by atoms with Crippen LogP contribution in [-0.4, -0.2) is 23.8 Å². The first kappa shape index (κ1) is 15.7. The molecule has 6 nitrogen and oxygen atoms in total. The van der Waals surface area contributed by atoms with E-state index in [0.29, 0.717) is 5.75 Å². The van der Waals surface area contributed by atoms with Crippen molar-refractivity contribution in [2.24, 2.45) is 5.84 Å². The number of hydrogen-bond donors (Lipinski definition) is 2. The number of ether oxygens (including phenoxy) is 2. The van der Waals surface area contributed by atoms with E-state index in [0.717, 1.165) is 21.9 Å². The fourth-order valence-corrected chi connectivity index (χ4v) is 3.06. The van der Waals surface area contributed by atoms with Gasteiger partial charge in [-0.05, 0) is 29.6 Å². The van der Waals surface area contributed by atoms with Gasteiger partial charge in [-0.2, -0.15) is 0 Å². The van der Waals surface area contributed by atoms with E-state index in [4.69, 9.17) is 15.3 Å². The third-order valence-electron chi connectivity index (χ3n) is 3.27. The van der Waals surface area contributed by atoms with E-state index in [-0.39, 0.29) is 12.0 Å². The van der Waals surface area contributed by atoms with E-state index < -0.39 is 0 Å². The van der Waals surface area contributed by atoms with Gasteiger partial charge in [0.1, 0.15) is 11.5 Å². The van der Waals surface area contributed by atoms with Crippen molar-refractivity contribution < 1.29 is 9.47 Å². The molecule has 2 rings (SSSR count). The number of benzene rings is 1. The standard InChI is InChI=1S/C14H20N4O2S/c1-8(2)12-14(21-18-17-12)13(16-15)10-6-5-9(19-3)7-11(10)20-4/h5-8,13,16H,15H2,1-4H3. The summed E-state index contributed by atoms with van der Waals surface area (Å²) >= 11 is 1.34. The molecule has 114 valence electrons. The molecule has 1 heterocycles. The SMILES string of the molecule is COc1ccc(C(NN)c2snnc2C(C)C)c(OC)c1. The molecule has 0 aliphatic heterocycles. The van der Waals surface area contributed by atoms with Crippen LogP contribution in [0.15, 0.2) is 18.2 Å². The number of methoxy groups -OCH3 is 2. The quantitative estimate of drug-likeness (QED) is 0.629. The Hall–Kier alpha value is -1.70. The third-order valence-corrected chi connectivity index (χ3v) is 4.07. The van der Waals surface area contributed by atoms with Crippen LogP contribution in [0.3, 0.4) is 0 Å². The fraction of sp³-hybridized carbons (Fsp3) is 0.429. The summed E-state index contributed by atoms with van der Waals surface area (Å²) in [6, 6.07) is 5.43. The number of hydrazine groups is 1. The van der Waals surface area contributed by atoms with Crippen molar-refractivity contribution in [1.29, 1.82) is 0 Å². The molecule has 0 amide bonds. The third kappa shape index (κ3) is 3.15. The van der Waals surface area contributed by atoms with Gasteiger partial charge >= 0.3 is 0 Å². The molecule has 0 fully saturated rings. The molecule has 21 heavy (non-hydrogen) atoms. The summed E-state index contributed by atoms with van der Waals surface area (Å²) in [4.78, 5) is 0.996. The molecule has 0 saturated heterocycles. The Morgan fingerprint density at radius 1 is 1.24 bits per heavy atom. The van der Waals surface area contributed by atoms with Crippen LogP contribution in [0.4, 0.5) is 0 Å². The van der Waals surface area contributed by atoms with E-state index in [1.807, 2.05) is 18.2 Å². The van der Waals surface area contributed by atoms with Gasteiger partial charge in [0, 0.05) is 11.6 Å². The summed E-state index contributed by atoms with van der Waals surface area (Å²) in [5.41, 5.74) is 4.71. The molecule has 1 aromatic carbocycles. The van der Waals surface area contributed by atoms with Crippen LogP contribution in [0.5, 0.6) is 11.5 Å². The van der Waals surface area contributed by atoms with Gasteiger partial charge in [0.05, 0.1) is 30.8 Å². The van der Waals surface area contributed by atoms with E-state index in [2.05, 4.69) is 28.9 Å². The van der Waals surface area contributed by atoms with Crippen LogP contribution in [0.25, 0.3) is 0 Å². The van der Waals surface area contributed by atoms with Crippen molar-refractivity contribution >= 4 is 11.5 Å². The lowest BCUT2D eigenvalue weighted by atomic mass is 9.99. The predicted octanol–water partition coefficient (Wildman–Crippen LogP) is 2.23. The highest BCUT2D eigenvalue weighted by atomic mass is 32.1. The van der Waals surface area contributed by atoms with Gasteiger partial charge in [0.25, 0.3) is 0 Å². The van der Waals surface area contributed by atoms with Gasteiger partial charge < -0.3 is 9.47 Å². The maximum absolute atomic E-state index is 5.77. The Labute approximate surface area is 128 Å². The van der Waals surface area contributed by atoms with Crippen LogP contribution in [0.1, 0.15) is 41.9 Å². The minimum Gasteiger partial charge on any atom is -0.497 e. The molecule has 1 unspecified atom stereocenters. The van der Waals surface area contributed by atoms with Gasteiger partial charge in [0.15, 0.2) is 0 Å². The monoisotopic (exact) mass is 308 g/mol. The smallest absolute Gasteiger partial charge is 0.127 e. The summed E-state index contributed by atoms with van der Waals surface area (Å²) in [6.45, 7) is 4.16. The highest BCUT2D eigenvalue weighted by Gasteiger charge is 2.24. The number of nitrogens with two attached hydrogens (primary N) is 1. The highest BCUT2D eigenvalue weighted by molar-refractivity contribution is 7.05. The number of aromatic nitrogens is 2. The van der Waals surface area contributed by atoms with Crippen molar-refractivity contribution in [3.63, 3.8) is 0 Å². The molecule has 0 radical (unpaired) electrons. The van der Waals surface area contributed by atoms with Crippen molar-refractivity contribution in [2.75, 3.05) is 14.2 Å². The zero-order chi connectivity index (χ0) is 15.4. The Morgan fingerprint density at radius 2 is 2.00 bits per heavy atom. The lowest BCUT2D eigenvalue weighted by molar-refractivity contribution is 0.387. The topological polar surface area (TPSA) is 82.3 Å². The Kier molecular flexibility index (Phi) is 5.11. The fourth-order valence-electron chi connectivity index (χ4n) is 2.17. The average molecular weight is 308 g/mol. The van der Waals surface area contributed by atoms with E-state index in [1.165, 1.54) is 11.5 Å². The van der Waals surface area contributed by atoms with Gasteiger partial charge in [-0.25, -0.2) is 5.43 Å². The summed E-state index contributed by atoms with van der Waals surface area (Å²) in [5.74, 6) is 7.49. The Bertz CT molecular complexity index is 600. The minimum absolute atomic E-state index is 0.219. The maximum atomic E-state index is 5.77. The van der Waals surface area contributed by atoms with E-state index >= 15 is 0 Å². The first-order valence-corrected chi connectivity index (χ1v) is 7.39. The first-order chi connectivity index (χ1) is 10.1. The second kappa shape index (κ2) is 6.84. The van der Waals surface area contributed by atoms with Gasteiger partial charge in [-0.1, -0.05) is 18.3 Å². The summed E-state index contributed by atoms with van der Waals surface area (Å²) in [5, 5.41) is 4.21. The van der Waals surface area contributed by atoms with Gasteiger partial charge in [0.2, 0.25) is 0 Å². The van der Waals surface area contributed by atoms with Crippen LogP contribution in [0.2, 0.25) is 0 Å². The molecule has 0 bridgehead atoms. The number of hydrogen-bond acceptors (Lipinski definition) is 7. The van der Waals surface area contributed by atoms with Gasteiger partial charge in [-0.3, -0.25) is 5.84 Å². The second-order valence-corrected chi connectivity index (χ2v) is 5.67. The van der Waals surface area contributed by atoms with Crippen LogP contribution in [-0.2, 0) is 0 Å². The van der Waals surface area contributed by atoms with Crippen molar-refractivity contribution in [1.82, 2.24) is 15.0 Å². The predicted molar refractivity (Wildman–Crippen MR) is 82.7 cm³/mol. The normalized spacial score (nSPS) is 12.5. The summed E-state index contributed by atoms with van der Waals surface area (Å²) in [6.07, 6.45) is 0.